The summed E-state index contributed by atoms with van der Waals surface area (Å²) in [5, 5.41) is 2.72. The van der Waals surface area contributed by atoms with Gasteiger partial charge in [0, 0.05) is 25.8 Å². The van der Waals surface area contributed by atoms with Crippen LogP contribution in [-0.4, -0.2) is 0 Å². The summed E-state index contributed by atoms with van der Waals surface area (Å²) >= 11 is 0. The number of rotatable bonds is 2. The zero-order chi connectivity index (χ0) is 11.7. The Morgan fingerprint density at radius 1 is 0.947 bits per heavy atom. The van der Waals surface area contributed by atoms with Gasteiger partial charge in [0.05, 0.1) is 0 Å². The van der Waals surface area contributed by atoms with Crippen LogP contribution in [0.1, 0.15) is 12.5 Å². The molecule has 0 saturated carbocycles. The van der Waals surface area contributed by atoms with Crippen LogP contribution in [0, 0.1) is 7.43 Å². The van der Waals surface area contributed by atoms with E-state index in [2.05, 4.69) is 67.6 Å². The molecule has 0 bridgehead atoms. The summed E-state index contributed by atoms with van der Waals surface area (Å²) in [5.74, 6) is 0. The third-order valence-corrected chi connectivity index (χ3v) is 3.30. The van der Waals surface area contributed by atoms with Crippen molar-refractivity contribution >= 4 is 10.8 Å². The predicted molar refractivity (Wildman–Crippen MR) is 80.8 cm³/mol. The minimum absolute atomic E-state index is 0. The fourth-order valence-electron chi connectivity index (χ4n) is 2.37. The molecule has 0 amide bonds. The minimum Gasteiger partial charge on any atom is -0.358 e. The Labute approximate surface area is 134 Å². The summed E-state index contributed by atoms with van der Waals surface area (Å²) in [7, 11) is 0. The van der Waals surface area contributed by atoms with Crippen molar-refractivity contribution in [1.82, 2.24) is 0 Å². The fraction of sp³-hybridized carbons (Fsp3) is 0.111. The van der Waals surface area contributed by atoms with E-state index < -0.39 is 0 Å². The Morgan fingerprint density at radius 2 is 1.68 bits per heavy atom. The SMILES string of the molecule is CCc1cc2c(-c3ccccc3)cccc2[cH-]1.[CH3-].[Sc]. The molecule has 0 nitrogen and oxygen atoms in total. The summed E-state index contributed by atoms with van der Waals surface area (Å²) < 4.78 is 0. The molecule has 19 heavy (non-hydrogen) atoms. The Hall–Kier alpha value is -1.08. The second-order valence-electron chi connectivity index (χ2n) is 4.39. The van der Waals surface area contributed by atoms with Crippen LogP contribution < -0.4 is 0 Å². The number of hydrogen-bond acceptors (Lipinski definition) is 0. The molecule has 0 spiro atoms. The van der Waals surface area contributed by atoms with Gasteiger partial charge in [-0.05, 0) is 12.0 Å². The molecule has 0 N–H and O–H groups in total. The van der Waals surface area contributed by atoms with Gasteiger partial charge in [0.15, 0.2) is 0 Å². The molecular weight excluding hydrogens is 261 g/mol. The molecule has 0 atom stereocenters. The third kappa shape index (κ3) is 3.09. The van der Waals surface area contributed by atoms with Crippen molar-refractivity contribution in [3.05, 3.63) is 73.7 Å². The van der Waals surface area contributed by atoms with Crippen molar-refractivity contribution in [3.63, 3.8) is 0 Å². The van der Waals surface area contributed by atoms with E-state index in [9.17, 15) is 0 Å². The molecule has 1 heteroatoms. The van der Waals surface area contributed by atoms with Crippen LogP contribution in [0.5, 0.6) is 0 Å². The van der Waals surface area contributed by atoms with Crippen LogP contribution in [-0.2, 0) is 32.3 Å². The third-order valence-electron chi connectivity index (χ3n) is 3.30. The maximum atomic E-state index is 2.32. The first-order valence-corrected chi connectivity index (χ1v) is 6.12. The molecule has 0 fully saturated rings. The first-order chi connectivity index (χ1) is 8.38. The van der Waals surface area contributed by atoms with E-state index in [-0.39, 0.29) is 33.3 Å². The van der Waals surface area contributed by atoms with Gasteiger partial charge < -0.3 is 7.43 Å². The second kappa shape index (κ2) is 6.91. The van der Waals surface area contributed by atoms with Crippen LogP contribution in [0.15, 0.2) is 60.7 Å². The topological polar surface area (TPSA) is 0 Å². The van der Waals surface area contributed by atoms with Crippen molar-refractivity contribution in [2.75, 3.05) is 0 Å². The molecule has 0 aromatic heterocycles. The summed E-state index contributed by atoms with van der Waals surface area (Å²) in [6.07, 6.45) is 1.10. The Bertz CT molecular complexity index is 635. The monoisotopic (exact) mass is 279 g/mol. The smallest absolute Gasteiger partial charge is 0 e. The van der Waals surface area contributed by atoms with Crippen molar-refractivity contribution in [1.29, 1.82) is 0 Å². The molecule has 0 unspecified atom stereocenters. The predicted octanol–water partition coefficient (Wildman–Crippen LogP) is 5.24. The van der Waals surface area contributed by atoms with Crippen LogP contribution >= 0.6 is 0 Å². The van der Waals surface area contributed by atoms with Gasteiger partial charge in [-0.1, -0.05) is 48.9 Å². The number of aryl methyl sites for hydroxylation is 1. The fourth-order valence-corrected chi connectivity index (χ4v) is 2.37. The van der Waals surface area contributed by atoms with Crippen LogP contribution in [0.4, 0.5) is 0 Å². The number of benzene rings is 2. The maximum absolute atomic E-state index is 2.32. The molecule has 3 aromatic rings. The van der Waals surface area contributed by atoms with Gasteiger partial charge >= 0.3 is 0 Å². The largest absolute Gasteiger partial charge is 0.358 e. The molecule has 0 heterocycles. The number of fused-ring (bicyclic) bond motifs is 1. The van der Waals surface area contributed by atoms with Crippen molar-refractivity contribution < 1.29 is 25.8 Å². The Kier molecular flexibility index (Phi) is 5.81. The summed E-state index contributed by atoms with van der Waals surface area (Å²) in [4.78, 5) is 0. The van der Waals surface area contributed by atoms with E-state index in [4.69, 9.17) is 0 Å². The Morgan fingerprint density at radius 3 is 2.37 bits per heavy atom. The van der Waals surface area contributed by atoms with Crippen molar-refractivity contribution in [2.45, 2.75) is 13.3 Å². The van der Waals surface area contributed by atoms with Gasteiger partial charge in [-0.25, -0.2) is 0 Å². The van der Waals surface area contributed by atoms with E-state index in [1.807, 2.05) is 0 Å². The molecule has 3 rings (SSSR count). The van der Waals surface area contributed by atoms with Crippen molar-refractivity contribution in [2.24, 2.45) is 0 Å². The minimum atomic E-state index is 0. The van der Waals surface area contributed by atoms with Gasteiger partial charge in [-0.15, -0.1) is 34.5 Å². The Balaban J connectivity index is 0.000000902. The summed E-state index contributed by atoms with van der Waals surface area (Å²) in [6, 6.07) is 21.8. The van der Waals surface area contributed by atoms with Gasteiger partial charge in [-0.3, -0.25) is 0 Å². The first kappa shape index (κ1) is 16.0. The summed E-state index contributed by atoms with van der Waals surface area (Å²) in [6.45, 7) is 2.20. The van der Waals surface area contributed by atoms with Gasteiger partial charge in [0.2, 0.25) is 0 Å². The molecule has 95 valence electrons. The van der Waals surface area contributed by atoms with E-state index in [1.54, 1.807) is 0 Å². The summed E-state index contributed by atoms with van der Waals surface area (Å²) in [5.41, 5.74) is 4.05. The van der Waals surface area contributed by atoms with Crippen LogP contribution in [0.25, 0.3) is 21.9 Å². The van der Waals surface area contributed by atoms with E-state index in [1.165, 1.54) is 27.5 Å². The first-order valence-electron chi connectivity index (χ1n) is 6.12. The standard InChI is InChI=1S/C17H15.CH3.Sc/c1-2-13-11-15-9-6-10-16(17(15)12-13)14-7-4-3-5-8-14;;/h3-12H,2H2,1H3;1H3;/q2*-1;. The van der Waals surface area contributed by atoms with Gasteiger partial charge in [0.25, 0.3) is 0 Å². The number of hydrogen-bond donors (Lipinski definition) is 0. The van der Waals surface area contributed by atoms with Gasteiger partial charge in [-0.2, -0.15) is 6.07 Å². The zero-order valence-electron chi connectivity index (χ0n) is 11.6. The van der Waals surface area contributed by atoms with Crippen LogP contribution in [0.3, 0.4) is 0 Å². The van der Waals surface area contributed by atoms with E-state index in [0.29, 0.717) is 0 Å². The van der Waals surface area contributed by atoms with Crippen molar-refractivity contribution in [3.8, 4) is 11.1 Å². The molecule has 3 aromatic carbocycles. The molecular formula is C18H18Sc-2. The molecule has 1 radical (unpaired) electrons. The van der Waals surface area contributed by atoms with E-state index >= 15 is 0 Å². The maximum Gasteiger partial charge on any atom is 0 e. The zero-order valence-corrected chi connectivity index (χ0v) is 13.4. The normalized spacial score (nSPS) is 9.74. The second-order valence-corrected chi connectivity index (χ2v) is 4.39. The molecule has 0 aliphatic rings. The average molecular weight is 279 g/mol. The molecule has 0 saturated heterocycles. The molecule has 0 aliphatic carbocycles. The quantitative estimate of drug-likeness (QED) is 0.563. The van der Waals surface area contributed by atoms with Gasteiger partial charge in [0.1, 0.15) is 0 Å². The van der Waals surface area contributed by atoms with E-state index in [0.717, 1.165) is 6.42 Å². The molecule has 0 aliphatic heterocycles. The van der Waals surface area contributed by atoms with Crippen LogP contribution in [0.2, 0.25) is 0 Å². The average Bonchev–Trinajstić information content (AvgIpc) is 2.82.